The Morgan fingerprint density at radius 3 is 2.20 bits per heavy atom. The van der Waals surface area contributed by atoms with Crippen LogP contribution in [-0.4, -0.2) is 30.0 Å². The molecule has 0 radical (unpaired) electrons. The van der Waals surface area contributed by atoms with E-state index in [1.807, 2.05) is 0 Å². The van der Waals surface area contributed by atoms with E-state index in [1.165, 1.54) is 17.3 Å². The molecule has 0 atom stereocenters. The molecular weight excluding hydrogens is 383 g/mol. The monoisotopic (exact) mass is 414 g/mol. The summed E-state index contributed by atoms with van der Waals surface area (Å²) < 4.78 is 10.9. The Morgan fingerprint density at radius 2 is 1.85 bits per heavy atom. The second kappa shape index (κ2) is 31.5. The maximum absolute atomic E-state index is 5.10. The molecule has 0 aromatic heterocycles. The third-order valence-electron chi connectivity index (χ3n) is 1.85. The first-order valence-corrected chi connectivity index (χ1v) is 9.33. The summed E-state index contributed by atoms with van der Waals surface area (Å²) in [6.07, 6.45) is 14.5. The van der Waals surface area contributed by atoms with Crippen molar-refractivity contribution in [2.24, 2.45) is 0 Å². The van der Waals surface area contributed by atoms with Gasteiger partial charge < -0.3 is 9.47 Å². The van der Waals surface area contributed by atoms with Gasteiger partial charge in [0, 0.05) is 11.0 Å². The van der Waals surface area contributed by atoms with Crippen LogP contribution in [0.25, 0.3) is 0 Å². The number of hydrogen-bond donors (Lipinski definition) is 1. The Kier molecular flexibility index (Phi) is 39.6. The highest BCUT2D eigenvalue weighted by atomic mass is 127. The smallest absolute Gasteiger partial charge is 0.106 e. The zero-order valence-corrected chi connectivity index (χ0v) is 16.1. The fourth-order valence-electron chi connectivity index (χ4n) is 0.757. The minimum Gasteiger partial charge on any atom is -0.447 e. The van der Waals surface area contributed by atoms with Crippen molar-refractivity contribution >= 4 is 35.2 Å². The predicted molar refractivity (Wildman–Crippen MR) is 103 cm³/mol. The van der Waals surface area contributed by atoms with Gasteiger partial charge in [-0.25, -0.2) is 0 Å². The topological polar surface area (TPSA) is 18.5 Å². The van der Waals surface area contributed by atoms with Gasteiger partial charge in [-0.05, 0) is 25.0 Å². The molecule has 0 saturated carbocycles. The van der Waals surface area contributed by atoms with Crippen LogP contribution in [0.2, 0.25) is 0 Å². The Bertz CT molecular complexity index is 191. The number of terminal acetylenes is 1. The van der Waals surface area contributed by atoms with Crippen LogP contribution in [0.5, 0.6) is 0 Å². The molecule has 4 heteroatoms. The highest BCUT2D eigenvalue weighted by Crippen LogP contribution is 1.88. The summed E-state index contributed by atoms with van der Waals surface area (Å²) in [5.41, 5.74) is 0. The average molecular weight is 414 g/mol. The largest absolute Gasteiger partial charge is 0.447 e. The lowest BCUT2D eigenvalue weighted by Crippen LogP contribution is -1.93. The van der Waals surface area contributed by atoms with E-state index < -0.39 is 0 Å². The second-order valence-electron chi connectivity index (χ2n) is 3.80. The molecule has 0 aromatic carbocycles. The summed E-state index contributed by atoms with van der Waals surface area (Å²) in [5, 5.41) is 0. The van der Waals surface area contributed by atoms with Gasteiger partial charge in [-0.15, -0.1) is 6.58 Å². The molecule has 2 nitrogen and oxygen atoms in total. The van der Waals surface area contributed by atoms with Gasteiger partial charge in [-0.3, -0.25) is 0 Å². The standard InChI is InChI=1S/C6H11IO.C6H10O.C4H10S/c1-2-5-8-6-3-4-7;1-3-5-6-7-4-2;1-2-3-4-5/h2H,1,3-6H2;2H,3,5-6H2,1H3;5H,2-4H2,1H3. The van der Waals surface area contributed by atoms with Crippen LogP contribution in [0.3, 0.4) is 0 Å². The molecule has 20 heavy (non-hydrogen) atoms. The molecule has 0 aliphatic heterocycles. The van der Waals surface area contributed by atoms with Gasteiger partial charge in [-0.1, -0.05) is 61.8 Å². The lowest BCUT2D eigenvalue weighted by molar-refractivity contribution is 0.164. The molecule has 0 spiro atoms. The van der Waals surface area contributed by atoms with Crippen molar-refractivity contribution in [2.75, 3.05) is 30.0 Å². The molecule has 0 N–H and O–H groups in total. The van der Waals surface area contributed by atoms with Gasteiger partial charge in [0.15, 0.2) is 0 Å². The number of unbranched alkanes of at least 4 members (excludes halogenated alkanes) is 2. The third kappa shape index (κ3) is 42.9. The van der Waals surface area contributed by atoms with Gasteiger partial charge in [0.1, 0.15) is 6.11 Å². The first-order valence-electron chi connectivity index (χ1n) is 7.17. The maximum Gasteiger partial charge on any atom is 0.106 e. The number of hydrogen-bond acceptors (Lipinski definition) is 3. The van der Waals surface area contributed by atoms with Crippen molar-refractivity contribution in [2.45, 2.75) is 46.0 Å². The fourth-order valence-corrected chi connectivity index (χ4v) is 1.38. The molecule has 0 aliphatic carbocycles. The Labute approximate surface area is 145 Å². The van der Waals surface area contributed by atoms with Crippen molar-refractivity contribution in [3.8, 4) is 12.5 Å². The van der Waals surface area contributed by atoms with Crippen LogP contribution in [-0.2, 0) is 9.47 Å². The lowest BCUT2D eigenvalue weighted by atomic mass is 10.4. The van der Waals surface area contributed by atoms with E-state index in [-0.39, 0.29) is 0 Å². The summed E-state index contributed by atoms with van der Waals surface area (Å²) in [7, 11) is 0. The van der Waals surface area contributed by atoms with E-state index in [1.54, 1.807) is 6.08 Å². The van der Waals surface area contributed by atoms with E-state index in [2.05, 4.69) is 66.5 Å². The highest BCUT2D eigenvalue weighted by Gasteiger charge is 1.81. The van der Waals surface area contributed by atoms with Crippen molar-refractivity contribution in [3.05, 3.63) is 12.7 Å². The first-order chi connectivity index (χ1) is 9.74. The summed E-state index contributed by atoms with van der Waals surface area (Å²) >= 11 is 6.33. The minimum atomic E-state index is 0.691. The normalized spacial score (nSPS) is 8.35. The van der Waals surface area contributed by atoms with Crippen molar-refractivity contribution in [1.82, 2.24) is 0 Å². The number of rotatable bonds is 10. The molecule has 0 fully saturated rings. The summed E-state index contributed by atoms with van der Waals surface area (Å²) in [5.74, 6) is 1.04. The molecule has 0 rings (SSSR count). The quantitative estimate of drug-likeness (QED) is 0.134. The van der Waals surface area contributed by atoms with Gasteiger partial charge in [-0.2, -0.15) is 12.6 Å². The first kappa shape index (κ1) is 25.1. The molecule has 0 aromatic rings. The Hall–Kier alpha value is 0.140. The van der Waals surface area contributed by atoms with E-state index in [0.717, 1.165) is 31.6 Å². The summed E-state index contributed by atoms with van der Waals surface area (Å²) in [6.45, 7) is 10.1. The van der Waals surface area contributed by atoms with Gasteiger partial charge in [0.25, 0.3) is 0 Å². The van der Waals surface area contributed by atoms with Crippen LogP contribution >= 0.6 is 35.2 Å². The third-order valence-corrected chi connectivity index (χ3v) is 2.93. The average Bonchev–Trinajstić information content (AvgIpc) is 2.47. The Morgan fingerprint density at radius 1 is 1.20 bits per heavy atom. The molecule has 0 saturated heterocycles. The molecule has 0 aliphatic rings. The van der Waals surface area contributed by atoms with Gasteiger partial charge >= 0.3 is 0 Å². The zero-order valence-electron chi connectivity index (χ0n) is 13.1. The van der Waals surface area contributed by atoms with Crippen molar-refractivity contribution in [1.29, 1.82) is 0 Å². The van der Waals surface area contributed by atoms with Crippen LogP contribution in [0.15, 0.2) is 12.7 Å². The van der Waals surface area contributed by atoms with Crippen molar-refractivity contribution in [3.63, 3.8) is 0 Å². The van der Waals surface area contributed by atoms with Crippen LogP contribution in [0.1, 0.15) is 46.0 Å². The SMILES string of the molecule is C#COCCCC.C=CCOCCCI.CCCCS. The molecule has 120 valence electrons. The highest BCUT2D eigenvalue weighted by molar-refractivity contribution is 14.1. The lowest BCUT2D eigenvalue weighted by Gasteiger charge is -1.95. The summed E-state index contributed by atoms with van der Waals surface area (Å²) in [6, 6.07) is 0. The van der Waals surface area contributed by atoms with E-state index >= 15 is 0 Å². The van der Waals surface area contributed by atoms with Crippen LogP contribution < -0.4 is 0 Å². The number of thiol groups is 1. The number of halogens is 1. The zero-order chi connectivity index (χ0) is 15.9. The second-order valence-corrected chi connectivity index (χ2v) is 5.33. The van der Waals surface area contributed by atoms with Gasteiger partial charge in [0.2, 0.25) is 0 Å². The van der Waals surface area contributed by atoms with Crippen LogP contribution in [0, 0.1) is 12.5 Å². The molecule has 0 unspecified atom stereocenters. The molecule has 0 bridgehead atoms. The van der Waals surface area contributed by atoms with E-state index in [4.69, 9.17) is 11.2 Å². The fraction of sp³-hybridized carbons (Fsp3) is 0.750. The molecule has 0 heterocycles. The predicted octanol–water partition coefficient (Wildman–Crippen LogP) is 5.12. The van der Waals surface area contributed by atoms with Crippen LogP contribution in [0.4, 0.5) is 0 Å². The maximum atomic E-state index is 5.10. The minimum absolute atomic E-state index is 0.691. The van der Waals surface area contributed by atoms with E-state index in [0.29, 0.717) is 13.2 Å². The van der Waals surface area contributed by atoms with E-state index in [9.17, 15) is 0 Å². The summed E-state index contributed by atoms with van der Waals surface area (Å²) in [4.78, 5) is 0. The Balaban J connectivity index is -0.000000223. The molecular formula is C16H31IO2S. The van der Waals surface area contributed by atoms with Crippen molar-refractivity contribution < 1.29 is 9.47 Å². The number of ether oxygens (including phenoxy) is 2. The van der Waals surface area contributed by atoms with Gasteiger partial charge in [0.05, 0.1) is 13.2 Å². The molecule has 0 amide bonds. The number of alkyl halides is 1.